The molecular formula is C19H17F4N3. The summed E-state index contributed by atoms with van der Waals surface area (Å²) in [5.41, 5.74) is 0.249. The Morgan fingerprint density at radius 1 is 1.08 bits per heavy atom. The van der Waals surface area contributed by atoms with Crippen molar-refractivity contribution < 1.29 is 17.7 Å². The maximum atomic E-state index is 15.3. The summed E-state index contributed by atoms with van der Waals surface area (Å²) in [7, 11) is 0. The Hall–Kier alpha value is -2.41. The summed E-state index contributed by atoms with van der Waals surface area (Å²) >= 11 is 0. The number of fused-ring (bicyclic) bond motifs is 1. The van der Waals surface area contributed by atoms with E-state index in [2.05, 4.69) is 10.3 Å². The fourth-order valence-corrected chi connectivity index (χ4v) is 3.73. The molecule has 4 rings (SSSR count). The van der Waals surface area contributed by atoms with Gasteiger partial charge < -0.3 is 5.32 Å². The molecule has 0 bridgehead atoms. The van der Waals surface area contributed by atoms with E-state index in [4.69, 9.17) is 0 Å². The first kappa shape index (κ1) is 17.0. The van der Waals surface area contributed by atoms with Gasteiger partial charge in [-0.2, -0.15) is 14.2 Å². The lowest BCUT2D eigenvalue weighted by Crippen LogP contribution is -2.27. The van der Waals surface area contributed by atoms with Crippen LogP contribution in [0.2, 0.25) is 0 Å². The van der Waals surface area contributed by atoms with Crippen molar-refractivity contribution in [2.75, 3.05) is 13.1 Å². The van der Waals surface area contributed by atoms with E-state index in [-0.39, 0.29) is 38.6 Å². The number of nitrogens with one attached hydrogen (secondary N) is 1. The zero-order valence-electron chi connectivity index (χ0n) is 14.1. The first-order valence-corrected chi connectivity index (χ1v) is 8.51. The Morgan fingerprint density at radius 2 is 1.73 bits per heavy atom. The average Bonchev–Trinajstić information content (AvgIpc) is 2.88. The number of pyridine rings is 1. The van der Waals surface area contributed by atoms with Crippen LogP contribution in [-0.4, -0.2) is 22.9 Å². The molecule has 1 N–H and O–H groups in total. The van der Waals surface area contributed by atoms with Crippen LogP contribution in [0.3, 0.4) is 0 Å². The number of piperidine rings is 1. The van der Waals surface area contributed by atoms with Crippen molar-refractivity contribution in [3.05, 3.63) is 53.1 Å². The molecule has 0 spiro atoms. The summed E-state index contributed by atoms with van der Waals surface area (Å²) in [4.78, 5) is 3.82. The van der Waals surface area contributed by atoms with Crippen molar-refractivity contribution >= 4 is 11.0 Å². The molecule has 26 heavy (non-hydrogen) atoms. The quantitative estimate of drug-likeness (QED) is 0.531. The molecule has 1 fully saturated rings. The standard InChI is InChI=1S/C19H17F4N3/c1-10-14(11-2-4-13(20)5-3-11)15-16(21)17(12-6-8-24-9-7-12)26(23)19(15)25-18(10)22/h2-5,12,24H,6-9H2,1H3. The zero-order chi connectivity index (χ0) is 18.4. The predicted molar refractivity (Wildman–Crippen MR) is 91.1 cm³/mol. The molecule has 1 aliphatic heterocycles. The van der Waals surface area contributed by atoms with Gasteiger partial charge in [0.2, 0.25) is 5.95 Å². The van der Waals surface area contributed by atoms with Gasteiger partial charge in [0.15, 0.2) is 11.5 Å². The lowest BCUT2D eigenvalue weighted by atomic mass is 9.93. The van der Waals surface area contributed by atoms with Gasteiger partial charge in [-0.05, 0) is 50.6 Å². The van der Waals surface area contributed by atoms with Crippen molar-refractivity contribution in [1.82, 2.24) is 15.1 Å². The van der Waals surface area contributed by atoms with Crippen molar-refractivity contribution in [3.63, 3.8) is 0 Å². The smallest absolute Gasteiger partial charge is 0.218 e. The molecular weight excluding hydrogens is 346 g/mol. The Balaban J connectivity index is 2.02. The fourth-order valence-electron chi connectivity index (χ4n) is 3.73. The van der Waals surface area contributed by atoms with E-state index in [1.807, 2.05) is 0 Å². The minimum atomic E-state index is -0.870. The second-order valence-corrected chi connectivity index (χ2v) is 6.61. The molecule has 1 aromatic carbocycles. The molecule has 0 atom stereocenters. The predicted octanol–water partition coefficient (Wildman–Crippen LogP) is 4.63. The first-order valence-electron chi connectivity index (χ1n) is 8.51. The SMILES string of the molecule is Cc1c(F)nc2c(c(F)c(C3CCNCC3)n2F)c1-c1ccc(F)cc1. The van der Waals surface area contributed by atoms with Gasteiger partial charge >= 0.3 is 0 Å². The van der Waals surface area contributed by atoms with Gasteiger partial charge in [-0.25, -0.2) is 8.78 Å². The van der Waals surface area contributed by atoms with Gasteiger partial charge in [0, 0.05) is 17.0 Å². The molecule has 0 aliphatic carbocycles. The highest BCUT2D eigenvalue weighted by molar-refractivity contribution is 5.96. The minimum Gasteiger partial charge on any atom is -0.317 e. The number of nitrogens with zero attached hydrogens (tertiary/aromatic N) is 2. The van der Waals surface area contributed by atoms with Crippen LogP contribution in [0.4, 0.5) is 17.7 Å². The van der Waals surface area contributed by atoms with Crippen LogP contribution in [0, 0.1) is 24.5 Å². The van der Waals surface area contributed by atoms with Crippen molar-refractivity contribution in [1.29, 1.82) is 0 Å². The van der Waals surface area contributed by atoms with E-state index in [1.54, 1.807) is 0 Å². The third-order valence-corrected chi connectivity index (χ3v) is 5.06. The average molecular weight is 363 g/mol. The Bertz CT molecular complexity index is 973. The molecule has 0 unspecified atom stereocenters. The molecule has 136 valence electrons. The van der Waals surface area contributed by atoms with E-state index in [0.717, 1.165) is 0 Å². The topological polar surface area (TPSA) is 29.9 Å². The van der Waals surface area contributed by atoms with Crippen LogP contribution < -0.4 is 5.32 Å². The normalized spacial score (nSPS) is 15.7. The van der Waals surface area contributed by atoms with Crippen molar-refractivity contribution in [3.8, 4) is 11.1 Å². The lowest BCUT2D eigenvalue weighted by Gasteiger charge is -2.22. The second-order valence-electron chi connectivity index (χ2n) is 6.61. The third kappa shape index (κ3) is 2.58. The van der Waals surface area contributed by atoms with Crippen LogP contribution in [0.1, 0.15) is 30.0 Å². The molecule has 0 amide bonds. The molecule has 0 saturated carbocycles. The van der Waals surface area contributed by atoms with Crippen LogP contribution in [0.15, 0.2) is 24.3 Å². The number of aromatic nitrogens is 2. The molecule has 3 nitrogen and oxygen atoms in total. The second kappa shape index (κ2) is 6.39. The molecule has 2 aromatic heterocycles. The molecule has 1 saturated heterocycles. The molecule has 3 heterocycles. The van der Waals surface area contributed by atoms with Gasteiger partial charge in [-0.15, -0.1) is 0 Å². The summed E-state index contributed by atoms with van der Waals surface area (Å²) < 4.78 is 57.8. The number of rotatable bonds is 2. The highest BCUT2D eigenvalue weighted by atomic mass is 19.2. The minimum absolute atomic E-state index is 0.0634. The number of hydrogen-bond donors (Lipinski definition) is 1. The Labute approximate surface area is 147 Å². The van der Waals surface area contributed by atoms with Gasteiger partial charge in [0.1, 0.15) is 5.82 Å². The van der Waals surface area contributed by atoms with E-state index < -0.39 is 17.6 Å². The monoisotopic (exact) mass is 363 g/mol. The summed E-state index contributed by atoms with van der Waals surface area (Å²) in [6.07, 6.45) is 1.18. The molecule has 0 radical (unpaired) electrons. The molecule has 1 aliphatic rings. The first-order chi connectivity index (χ1) is 12.5. The van der Waals surface area contributed by atoms with Gasteiger partial charge in [-0.3, -0.25) is 0 Å². The van der Waals surface area contributed by atoms with E-state index in [0.29, 0.717) is 31.5 Å². The van der Waals surface area contributed by atoms with Gasteiger partial charge in [0.25, 0.3) is 0 Å². The van der Waals surface area contributed by atoms with Crippen LogP contribution in [0.25, 0.3) is 22.2 Å². The molecule has 3 aromatic rings. The number of benzene rings is 1. The summed E-state index contributed by atoms with van der Waals surface area (Å²) in [5.74, 6) is -2.36. The summed E-state index contributed by atoms with van der Waals surface area (Å²) in [6.45, 7) is 2.79. The lowest BCUT2D eigenvalue weighted by molar-refractivity contribution is 0.326. The highest BCUT2D eigenvalue weighted by Crippen LogP contribution is 2.40. The summed E-state index contributed by atoms with van der Waals surface area (Å²) in [5, 5.41) is 3.09. The maximum absolute atomic E-state index is 15.3. The summed E-state index contributed by atoms with van der Waals surface area (Å²) in [6, 6.07) is 5.26. The fraction of sp³-hybridized carbons (Fsp3) is 0.316. The largest absolute Gasteiger partial charge is 0.317 e. The zero-order valence-corrected chi connectivity index (χ0v) is 14.1. The van der Waals surface area contributed by atoms with Crippen LogP contribution in [0.5, 0.6) is 0 Å². The number of hydrogen-bond acceptors (Lipinski definition) is 2. The Morgan fingerprint density at radius 3 is 2.38 bits per heavy atom. The third-order valence-electron chi connectivity index (χ3n) is 5.06. The Kier molecular flexibility index (Phi) is 4.19. The van der Waals surface area contributed by atoms with Crippen molar-refractivity contribution in [2.24, 2.45) is 0 Å². The van der Waals surface area contributed by atoms with Crippen LogP contribution in [-0.2, 0) is 0 Å². The van der Waals surface area contributed by atoms with E-state index in [1.165, 1.54) is 31.2 Å². The highest BCUT2D eigenvalue weighted by Gasteiger charge is 2.30. The van der Waals surface area contributed by atoms with Gasteiger partial charge in [0.05, 0.1) is 11.1 Å². The van der Waals surface area contributed by atoms with E-state index in [9.17, 15) is 13.3 Å². The number of halogens is 4. The molecule has 7 heteroatoms. The van der Waals surface area contributed by atoms with Gasteiger partial charge in [-0.1, -0.05) is 16.6 Å². The maximum Gasteiger partial charge on any atom is 0.218 e. The van der Waals surface area contributed by atoms with E-state index >= 15 is 4.39 Å². The van der Waals surface area contributed by atoms with Crippen molar-refractivity contribution in [2.45, 2.75) is 25.7 Å². The van der Waals surface area contributed by atoms with Crippen LogP contribution >= 0.6 is 0 Å².